The molecule has 5 rings (SSSR count). The highest BCUT2D eigenvalue weighted by molar-refractivity contribution is 6.30. The van der Waals surface area contributed by atoms with Crippen LogP contribution in [0.4, 0.5) is 0 Å². The zero-order chi connectivity index (χ0) is 17.7. The first-order valence-electron chi connectivity index (χ1n) is 8.64. The summed E-state index contributed by atoms with van der Waals surface area (Å²) >= 11 is 0. The van der Waals surface area contributed by atoms with E-state index in [1.54, 1.807) is 0 Å². The molecule has 2 amide bonds. The summed E-state index contributed by atoms with van der Waals surface area (Å²) in [6.45, 7) is 0.303. The van der Waals surface area contributed by atoms with E-state index in [0.29, 0.717) is 17.7 Å². The third-order valence-corrected chi connectivity index (χ3v) is 5.06. The average molecular weight is 340 g/mol. The molecule has 2 heterocycles. The van der Waals surface area contributed by atoms with Gasteiger partial charge in [-0.2, -0.15) is 0 Å². The van der Waals surface area contributed by atoms with Crippen molar-refractivity contribution in [1.29, 1.82) is 0 Å². The standard InChI is InChI=1S/C22H16N2O2/c25-21-18-10-5-7-15-12-14-6-1-2-9-17(14)20(19(15)18)22(26)24(21)13-16-8-3-4-11-23-16/h1-12,16,23H,13H2. The molecule has 0 bridgehead atoms. The van der Waals surface area contributed by atoms with Gasteiger partial charge >= 0.3 is 0 Å². The number of nitrogens with one attached hydrogen (secondary N) is 1. The van der Waals surface area contributed by atoms with Gasteiger partial charge in [0, 0.05) is 10.9 Å². The predicted molar refractivity (Wildman–Crippen MR) is 102 cm³/mol. The number of carbonyl (C=O) groups excluding carboxylic acids is 2. The molecule has 0 aromatic heterocycles. The van der Waals surface area contributed by atoms with Crippen LogP contribution in [0.3, 0.4) is 0 Å². The van der Waals surface area contributed by atoms with Crippen LogP contribution in [0.2, 0.25) is 0 Å². The molecule has 3 aromatic carbocycles. The van der Waals surface area contributed by atoms with Crippen LogP contribution in [-0.2, 0) is 0 Å². The first-order chi connectivity index (χ1) is 12.7. The number of benzene rings is 3. The number of amides is 2. The van der Waals surface area contributed by atoms with Crippen molar-refractivity contribution in [2.45, 2.75) is 6.04 Å². The van der Waals surface area contributed by atoms with E-state index in [2.05, 4.69) is 5.32 Å². The first kappa shape index (κ1) is 14.9. The number of dihydropyridines is 1. The number of allylic oxidation sites excluding steroid dienone is 2. The highest BCUT2D eigenvalue weighted by Gasteiger charge is 2.35. The second-order valence-corrected chi connectivity index (χ2v) is 6.61. The smallest absolute Gasteiger partial charge is 0.262 e. The van der Waals surface area contributed by atoms with Gasteiger partial charge in [-0.05, 0) is 40.6 Å². The van der Waals surface area contributed by atoms with Crippen LogP contribution >= 0.6 is 0 Å². The van der Waals surface area contributed by atoms with Crippen LogP contribution in [0.25, 0.3) is 21.5 Å². The van der Waals surface area contributed by atoms with Crippen LogP contribution in [0.15, 0.2) is 73.0 Å². The quantitative estimate of drug-likeness (QED) is 0.572. The van der Waals surface area contributed by atoms with Crippen molar-refractivity contribution in [2.75, 3.05) is 6.54 Å². The molecule has 1 atom stereocenters. The fourth-order valence-corrected chi connectivity index (χ4v) is 3.86. The normalized spacial score (nSPS) is 18.6. The summed E-state index contributed by atoms with van der Waals surface area (Å²) in [4.78, 5) is 27.8. The van der Waals surface area contributed by atoms with Crippen LogP contribution in [0.5, 0.6) is 0 Å². The zero-order valence-electron chi connectivity index (χ0n) is 14.0. The Bertz CT molecular complexity index is 1140. The lowest BCUT2D eigenvalue weighted by Crippen LogP contribution is -2.47. The van der Waals surface area contributed by atoms with Gasteiger partial charge in [-0.1, -0.05) is 48.6 Å². The zero-order valence-corrected chi connectivity index (χ0v) is 14.0. The molecule has 0 saturated heterocycles. The van der Waals surface area contributed by atoms with Crippen LogP contribution < -0.4 is 5.32 Å². The van der Waals surface area contributed by atoms with Crippen molar-refractivity contribution in [1.82, 2.24) is 10.2 Å². The molecule has 0 saturated carbocycles. The Hall–Kier alpha value is -3.40. The van der Waals surface area contributed by atoms with Crippen molar-refractivity contribution in [3.05, 3.63) is 84.1 Å². The molecule has 126 valence electrons. The van der Waals surface area contributed by atoms with E-state index in [1.165, 1.54) is 4.90 Å². The minimum absolute atomic E-state index is 0.0800. The minimum Gasteiger partial charge on any atom is -0.383 e. The lowest BCUT2D eigenvalue weighted by Gasteiger charge is -2.30. The lowest BCUT2D eigenvalue weighted by atomic mass is 9.89. The largest absolute Gasteiger partial charge is 0.383 e. The molecular formula is C22H16N2O2. The monoisotopic (exact) mass is 340 g/mol. The number of carbonyl (C=O) groups is 2. The number of imide groups is 1. The van der Waals surface area contributed by atoms with Gasteiger partial charge in [-0.15, -0.1) is 0 Å². The van der Waals surface area contributed by atoms with E-state index < -0.39 is 0 Å². The molecule has 4 nitrogen and oxygen atoms in total. The maximum atomic E-state index is 13.3. The molecule has 0 aliphatic carbocycles. The number of nitrogens with zero attached hydrogens (tertiary/aromatic N) is 1. The third kappa shape index (κ3) is 2.09. The number of hydrogen-bond acceptors (Lipinski definition) is 3. The van der Waals surface area contributed by atoms with Gasteiger partial charge in [-0.25, -0.2) is 0 Å². The van der Waals surface area contributed by atoms with E-state index in [0.717, 1.165) is 21.5 Å². The molecule has 1 N–H and O–H groups in total. The Morgan fingerprint density at radius 2 is 1.77 bits per heavy atom. The molecule has 3 aromatic rings. The molecular weight excluding hydrogens is 324 g/mol. The van der Waals surface area contributed by atoms with Crippen molar-refractivity contribution in [3.63, 3.8) is 0 Å². The molecule has 0 radical (unpaired) electrons. The van der Waals surface area contributed by atoms with E-state index >= 15 is 0 Å². The van der Waals surface area contributed by atoms with Gasteiger partial charge in [0.2, 0.25) is 0 Å². The second kappa shape index (κ2) is 5.56. The van der Waals surface area contributed by atoms with E-state index in [-0.39, 0.29) is 17.9 Å². The molecule has 2 aliphatic rings. The maximum Gasteiger partial charge on any atom is 0.262 e. The SMILES string of the molecule is O=C1c2cccc3cc4ccccc4c(c23)C(=O)N1CC1C=CC=CN1. The molecule has 0 fully saturated rings. The molecule has 2 aliphatic heterocycles. The van der Waals surface area contributed by atoms with Gasteiger partial charge in [0.1, 0.15) is 0 Å². The van der Waals surface area contributed by atoms with Crippen LogP contribution in [0, 0.1) is 0 Å². The number of hydrogen-bond donors (Lipinski definition) is 1. The Morgan fingerprint density at radius 1 is 0.923 bits per heavy atom. The van der Waals surface area contributed by atoms with Gasteiger partial charge in [0.05, 0.1) is 18.2 Å². The number of rotatable bonds is 2. The van der Waals surface area contributed by atoms with Crippen LogP contribution in [-0.4, -0.2) is 29.3 Å². The summed E-state index contributed by atoms with van der Waals surface area (Å²) in [5, 5.41) is 6.77. The van der Waals surface area contributed by atoms with Gasteiger partial charge in [0.25, 0.3) is 11.8 Å². The molecule has 1 unspecified atom stereocenters. The maximum absolute atomic E-state index is 13.3. The Morgan fingerprint density at radius 3 is 2.62 bits per heavy atom. The van der Waals surface area contributed by atoms with E-state index in [4.69, 9.17) is 0 Å². The summed E-state index contributed by atoms with van der Waals surface area (Å²) in [5.74, 6) is -0.451. The highest BCUT2D eigenvalue weighted by atomic mass is 16.2. The molecule has 26 heavy (non-hydrogen) atoms. The van der Waals surface area contributed by atoms with Crippen LogP contribution in [0.1, 0.15) is 20.7 Å². The van der Waals surface area contributed by atoms with Crippen molar-refractivity contribution >= 4 is 33.4 Å². The predicted octanol–water partition coefficient (Wildman–Crippen LogP) is 3.63. The fraction of sp³-hybridized carbons (Fsp3) is 0.0909. The van der Waals surface area contributed by atoms with E-state index in [9.17, 15) is 9.59 Å². The van der Waals surface area contributed by atoms with Crippen molar-refractivity contribution in [2.24, 2.45) is 0 Å². The summed E-state index contributed by atoms with van der Waals surface area (Å²) in [6, 6.07) is 15.5. The Balaban J connectivity index is 1.73. The summed E-state index contributed by atoms with van der Waals surface area (Å²) in [7, 11) is 0. The van der Waals surface area contributed by atoms with Gasteiger partial charge in [0.15, 0.2) is 0 Å². The lowest BCUT2D eigenvalue weighted by molar-refractivity contribution is 0.0605. The summed E-state index contributed by atoms with van der Waals surface area (Å²) in [6.07, 6.45) is 7.59. The Labute approximate surface area is 150 Å². The second-order valence-electron chi connectivity index (χ2n) is 6.61. The highest BCUT2D eigenvalue weighted by Crippen LogP contribution is 2.35. The molecule has 0 spiro atoms. The van der Waals surface area contributed by atoms with Gasteiger partial charge < -0.3 is 5.32 Å². The minimum atomic E-state index is -0.229. The van der Waals surface area contributed by atoms with Gasteiger partial charge in [-0.3, -0.25) is 14.5 Å². The van der Waals surface area contributed by atoms with Crippen molar-refractivity contribution in [3.8, 4) is 0 Å². The van der Waals surface area contributed by atoms with E-state index in [1.807, 2.05) is 73.0 Å². The Kier molecular flexibility index (Phi) is 3.19. The number of fused-ring (bicyclic) bond motifs is 2. The molecule has 4 heteroatoms. The fourth-order valence-electron chi connectivity index (χ4n) is 3.86. The topological polar surface area (TPSA) is 49.4 Å². The van der Waals surface area contributed by atoms with Crippen molar-refractivity contribution < 1.29 is 9.59 Å². The first-order valence-corrected chi connectivity index (χ1v) is 8.64. The average Bonchev–Trinajstić information content (AvgIpc) is 2.68. The summed E-state index contributed by atoms with van der Waals surface area (Å²) in [5.41, 5.74) is 1.22. The summed E-state index contributed by atoms with van der Waals surface area (Å²) < 4.78 is 0. The third-order valence-electron chi connectivity index (χ3n) is 5.06.